The summed E-state index contributed by atoms with van der Waals surface area (Å²) >= 11 is 0. The van der Waals surface area contributed by atoms with E-state index in [0.29, 0.717) is 19.4 Å². The Morgan fingerprint density at radius 1 is 1.26 bits per heavy atom. The molecule has 1 aliphatic rings. The Hall–Kier alpha value is -1.39. The van der Waals surface area contributed by atoms with E-state index in [1.54, 1.807) is 0 Å². The molecule has 4 heteroatoms. The minimum atomic E-state index is -0.544. The third-order valence-electron chi connectivity index (χ3n) is 4.69. The molecular weight excluding hydrogens is 288 g/mol. The molecule has 1 heterocycles. The van der Waals surface area contributed by atoms with Crippen molar-refractivity contribution in [1.82, 2.24) is 10.2 Å². The number of nitrogens with zero attached hydrogens (tertiary/aromatic N) is 1. The summed E-state index contributed by atoms with van der Waals surface area (Å²) < 4.78 is 0. The lowest BCUT2D eigenvalue weighted by molar-refractivity contribution is -0.136. The van der Waals surface area contributed by atoms with Gasteiger partial charge in [0.05, 0.1) is 12.1 Å². The zero-order chi connectivity index (χ0) is 16.7. The molecule has 1 aliphatic heterocycles. The van der Waals surface area contributed by atoms with Crippen LogP contribution in [0.15, 0.2) is 30.3 Å². The quantitative estimate of drug-likeness (QED) is 0.724. The molecule has 0 spiro atoms. The van der Waals surface area contributed by atoms with E-state index in [2.05, 4.69) is 24.4 Å². The fraction of sp³-hybridized carbons (Fsp3) is 0.632. The van der Waals surface area contributed by atoms with Crippen LogP contribution in [0.2, 0.25) is 0 Å². The summed E-state index contributed by atoms with van der Waals surface area (Å²) in [6, 6.07) is 10.2. The standard InChI is InChI=1S/C19H30N2O2/c1-3-5-7-12-17(15-10-8-6-9-11-15)21(4-2)19(23)16-13-14-18(22)20-16/h6,8-11,16-18,20,22H,3-5,7,12-14H2,1-2H3/t16-,17?,18?/m0/s1. The van der Waals surface area contributed by atoms with Gasteiger partial charge in [-0.2, -0.15) is 0 Å². The molecule has 2 rings (SSSR count). The number of aliphatic hydroxyl groups is 1. The van der Waals surface area contributed by atoms with E-state index >= 15 is 0 Å². The van der Waals surface area contributed by atoms with Crippen molar-refractivity contribution in [2.24, 2.45) is 0 Å². The summed E-state index contributed by atoms with van der Waals surface area (Å²) in [5.74, 6) is 0.120. The highest BCUT2D eigenvalue weighted by atomic mass is 16.3. The number of hydrogen-bond donors (Lipinski definition) is 2. The molecule has 128 valence electrons. The predicted octanol–water partition coefficient (Wildman–Crippen LogP) is 3.23. The normalized spacial score (nSPS) is 22.0. The number of carbonyl (C=O) groups is 1. The predicted molar refractivity (Wildman–Crippen MR) is 92.9 cm³/mol. The molecule has 1 aromatic carbocycles. The lowest BCUT2D eigenvalue weighted by atomic mass is 9.98. The summed E-state index contributed by atoms with van der Waals surface area (Å²) in [6.45, 7) is 4.93. The molecule has 1 saturated heterocycles. The number of unbranched alkanes of at least 4 members (excludes halogenated alkanes) is 2. The number of benzene rings is 1. The minimum absolute atomic E-state index is 0.120. The van der Waals surface area contributed by atoms with Crippen molar-refractivity contribution in [2.45, 2.75) is 70.7 Å². The molecule has 23 heavy (non-hydrogen) atoms. The van der Waals surface area contributed by atoms with Crippen molar-refractivity contribution < 1.29 is 9.90 Å². The maximum absolute atomic E-state index is 12.9. The van der Waals surface area contributed by atoms with Gasteiger partial charge in [-0.05, 0) is 31.7 Å². The molecule has 2 unspecified atom stereocenters. The molecule has 0 saturated carbocycles. The second-order valence-corrected chi connectivity index (χ2v) is 6.36. The van der Waals surface area contributed by atoms with Crippen molar-refractivity contribution >= 4 is 5.91 Å². The number of nitrogens with one attached hydrogen (secondary N) is 1. The molecule has 0 aromatic heterocycles. The Labute approximate surface area is 139 Å². The van der Waals surface area contributed by atoms with Crippen LogP contribution in [0.3, 0.4) is 0 Å². The molecule has 3 atom stereocenters. The highest BCUT2D eigenvalue weighted by Crippen LogP contribution is 2.28. The smallest absolute Gasteiger partial charge is 0.240 e. The third-order valence-corrected chi connectivity index (χ3v) is 4.69. The zero-order valence-corrected chi connectivity index (χ0v) is 14.4. The van der Waals surface area contributed by atoms with E-state index in [1.807, 2.05) is 30.0 Å². The van der Waals surface area contributed by atoms with Gasteiger partial charge in [-0.3, -0.25) is 10.1 Å². The van der Waals surface area contributed by atoms with Gasteiger partial charge < -0.3 is 10.0 Å². The maximum atomic E-state index is 12.9. The fourth-order valence-electron chi connectivity index (χ4n) is 3.41. The van der Waals surface area contributed by atoms with Crippen LogP contribution in [0.4, 0.5) is 0 Å². The van der Waals surface area contributed by atoms with Gasteiger partial charge >= 0.3 is 0 Å². The zero-order valence-electron chi connectivity index (χ0n) is 14.4. The van der Waals surface area contributed by atoms with Gasteiger partial charge in [-0.25, -0.2) is 0 Å². The van der Waals surface area contributed by atoms with Crippen molar-refractivity contribution in [3.8, 4) is 0 Å². The van der Waals surface area contributed by atoms with Crippen molar-refractivity contribution in [3.05, 3.63) is 35.9 Å². The average molecular weight is 318 g/mol. The van der Waals surface area contributed by atoms with Crippen LogP contribution in [-0.4, -0.2) is 34.7 Å². The molecular formula is C19H30N2O2. The van der Waals surface area contributed by atoms with Crippen molar-refractivity contribution in [3.63, 3.8) is 0 Å². The summed E-state index contributed by atoms with van der Waals surface area (Å²) in [4.78, 5) is 14.9. The third kappa shape index (κ3) is 4.79. The first-order chi connectivity index (χ1) is 11.2. The van der Waals surface area contributed by atoms with Crippen LogP contribution < -0.4 is 5.32 Å². The average Bonchev–Trinajstić information content (AvgIpc) is 3.01. The van der Waals surface area contributed by atoms with Gasteiger partial charge in [-0.1, -0.05) is 56.5 Å². The number of aliphatic hydroxyl groups excluding tert-OH is 1. The number of carbonyl (C=O) groups excluding carboxylic acids is 1. The monoisotopic (exact) mass is 318 g/mol. The summed E-state index contributed by atoms with van der Waals surface area (Å²) in [5, 5.41) is 12.7. The molecule has 1 fully saturated rings. The fourth-order valence-corrected chi connectivity index (χ4v) is 3.41. The van der Waals surface area contributed by atoms with Gasteiger partial charge in [0.25, 0.3) is 0 Å². The van der Waals surface area contributed by atoms with E-state index in [9.17, 15) is 9.90 Å². The number of likely N-dealkylation sites (N-methyl/N-ethyl adjacent to an activating group) is 1. The summed E-state index contributed by atoms with van der Waals surface area (Å²) in [6.07, 6.45) is 5.31. The lowest BCUT2D eigenvalue weighted by Crippen LogP contribution is -2.46. The molecule has 0 radical (unpaired) electrons. The second kappa shape index (κ2) is 9.04. The Morgan fingerprint density at radius 3 is 2.57 bits per heavy atom. The van der Waals surface area contributed by atoms with E-state index in [1.165, 1.54) is 18.4 Å². The Morgan fingerprint density at radius 2 is 2.00 bits per heavy atom. The van der Waals surface area contributed by atoms with Crippen LogP contribution in [0.5, 0.6) is 0 Å². The number of rotatable bonds is 8. The Balaban J connectivity index is 2.15. The Bertz CT molecular complexity index is 478. The molecule has 4 nitrogen and oxygen atoms in total. The highest BCUT2D eigenvalue weighted by Gasteiger charge is 2.33. The molecule has 2 N–H and O–H groups in total. The largest absolute Gasteiger partial charge is 0.379 e. The first-order valence-corrected chi connectivity index (χ1v) is 8.96. The van der Waals surface area contributed by atoms with E-state index in [4.69, 9.17) is 0 Å². The van der Waals surface area contributed by atoms with Gasteiger partial charge in [0.1, 0.15) is 6.23 Å². The second-order valence-electron chi connectivity index (χ2n) is 6.36. The first kappa shape index (κ1) is 18.0. The van der Waals surface area contributed by atoms with E-state index in [-0.39, 0.29) is 18.0 Å². The lowest BCUT2D eigenvalue weighted by Gasteiger charge is -2.33. The summed E-state index contributed by atoms with van der Waals surface area (Å²) in [7, 11) is 0. The van der Waals surface area contributed by atoms with Crippen LogP contribution in [-0.2, 0) is 4.79 Å². The van der Waals surface area contributed by atoms with E-state index < -0.39 is 6.23 Å². The molecule has 1 amide bonds. The van der Waals surface area contributed by atoms with Gasteiger partial charge in [-0.15, -0.1) is 0 Å². The Kier molecular flexibility index (Phi) is 7.06. The highest BCUT2D eigenvalue weighted by molar-refractivity contribution is 5.82. The van der Waals surface area contributed by atoms with Crippen LogP contribution in [0, 0.1) is 0 Å². The maximum Gasteiger partial charge on any atom is 0.240 e. The minimum Gasteiger partial charge on any atom is -0.379 e. The topological polar surface area (TPSA) is 52.6 Å². The molecule has 1 aromatic rings. The SMILES string of the molecule is CCCCCC(c1ccccc1)N(CC)C(=O)[C@@H]1CCC(O)N1. The first-order valence-electron chi connectivity index (χ1n) is 8.96. The van der Waals surface area contributed by atoms with Gasteiger partial charge in [0.15, 0.2) is 0 Å². The van der Waals surface area contributed by atoms with Crippen LogP contribution in [0.1, 0.15) is 64.0 Å². The van der Waals surface area contributed by atoms with Crippen molar-refractivity contribution in [2.75, 3.05) is 6.54 Å². The molecule has 0 bridgehead atoms. The van der Waals surface area contributed by atoms with Crippen LogP contribution in [0.25, 0.3) is 0 Å². The van der Waals surface area contributed by atoms with Gasteiger partial charge in [0.2, 0.25) is 5.91 Å². The number of hydrogen-bond acceptors (Lipinski definition) is 3. The molecule has 0 aliphatic carbocycles. The summed E-state index contributed by atoms with van der Waals surface area (Å²) in [5.41, 5.74) is 1.21. The number of amides is 1. The van der Waals surface area contributed by atoms with Crippen LogP contribution >= 0.6 is 0 Å². The van der Waals surface area contributed by atoms with Gasteiger partial charge in [0, 0.05) is 6.54 Å². The van der Waals surface area contributed by atoms with Crippen molar-refractivity contribution in [1.29, 1.82) is 0 Å². The van der Waals surface area contributed by atoms with E-state index in [0.717, 1.165) is 12.8 Å².